The highest BCUT2D eigenvalue weighted by Crippen LogP contribution is 2.34. The van der Waals surface area contributed by atoms with Crippen LogP contribution >= 0.6 is 11.3 Å². The molecule has 33 heavy (non-hydrogen) atoms. The van der Waals surface area contributed by atoms with Crippen molar-refractivity contribution in [2.24, 2.45) is 0 Å². The van der Waals surface area contributed by atoms with Gasteiger partial charge >= 0.3 is 0 Å². The van der Waals surface area contributed by atoms with Gasteiger partial charge in [-0.15, -0.1) is 21.5 Å². The van der Waals surface area contributed by atoms with Crippen LogP contribution in [-0.2, 0) is 21.3 Å². The third-order valence-corrected chi connectivity index (χ3v) is 8.55. The van der Waals surface area contributed by atoms with Gasteiger partial charge in [0.15, 0.2) is 6.17 Å². The molecule has 0 spiro atoms. The fraction of sp³-hybridized carbons (Fsp3) is 0.500. The van der Waals surface area contributed by atoms with E-state index in [1.165, 1.54) is 28.8 Å². The minimum absolute atomic E-state index is 0.0275. The molecule has 10 nitrogen and oxygen atoms in total. The summed E-state index contributed by atoms with van der Waals surface area (Å²) in [5.41, 5.74) is 1.06. The lowest BCUT2D eigenvalue weighted by atomic mass is 9.93. The smallest absolute Gasteiger partial charge is 0.259 e. The number of aryl methyl sites for hydroxylation is 1. The van der Waals surface area contributed by atoms with Gasteiger partial charge in [0.1, 0.15) is 15.8 Å². The van der Waals surface area contributed by atoms with Gasteiger partial charge in [-0.1, -0.05) is 0 Å². The van der Waals surface area contributed by atoms with E-state index in [-0.39, 0.29) is 36.3 Å². The monoisotopic (exact) mass is 494 g/mol. The molecule has 3 aromatic heterocycles. The average molecular weight is 495 g/mol. The zero-order chi connectivity index (χ0) is 23.2. The van der Waals surface area contributed by atoms with Gasteiger partial charge in [0.2, 0.25) is 10.0 Å². The molecule has 5 heterocycles. The number of morpholine rings is 1. The third kappa shape index (κ3) is 4.37. The first-order valence-electron chi connectivity index (χ1n) is 10.5. The van der Waals surface area contributed by atoms with E-state index >= 15 is 0 Å². The van der Waals surface area contributed by atoms with Crippen LogP contribution in [-0.4, -0.2) is 64.7 Å². The minimum atomic E-state index is -3.72. The van der Waals surface area contributed by atoms with Crippen LogP contribution in [0.1, 0.15) is 36.1 Å². The fourth-order valence-electron chi connectivity index (χ4n) is 4.06. The summed E-state index contributed by atoms with van der Waals surface area (Å²) in [4.78, 5) is 11.2. The van der Waals surface area contributed by atoms with E-state index in [0.717, 1.165) is 6.42 Å². The molecule has 3 unspecified atom stereocenters. The predicted octanol–water partition coefficient (Wildman–Crippen LogP) is 2.69. The Morgan fingerprint density at radius 2 is 2.12 bits per heavy atom. The molecule has 0 radical (unpaired) electrons. The number of hydrogen-bond donors (Lipinski definition) is 0. The molecule has 13 heteroatoms. The van der Waals surface area contributed by atoms with Crippen molar-refractivity contribution >= 4 is 27.0 Å². The number of pyridine rings is 1. The molecule has 0 saturated carbocycles. The number of sulfonamides is 1. The zero-order valence-electron chi connectivity index (χ0n) is 18.1. The van der Waals surface area contributed by atoms with Crippen LogP contribution in [0.25, 0.3) is 10.8 Å². The summed E-state index contributed by atoms with van der Waals surface area (Å²) < 4.78 is 52.7. The summed E-state index contributed by atoms with van der Waals surface area (Å²) in [6.07, 6.45) is 2.69. The van der Waals surface area contributed by atoms with Crippen molar-refractivity contribution < 1.29 is 22.0 Å². The molecule has 0 N–H and O–H groups in total. The Kier molecular flexibility index (Phi) is 5.89. The summed E-state index contributed by atoms with van der Waals surface area (Å²) in [5.74, 6) is -0.0397. The predicted molar refractivity (Wildman–Crippen MR) is 119 cm³/mol. The molecule has 5 rings (SSSR count). The number of thiazole rings is 1. The van der Waals surface area contributed by atoms with Gasteiger partial charge < -0.3 is 9.15 Å². The van der Waals surface area contributed by atoms with Crippen molar-refractivity contribution in [2.75, 3.05) is 23.4 Å². The topological polar surface area (TPSA) is 115 Å². The average Bonchev–Trinajstić information content (AvgIpc) is 3.43. The van der Waals surface area contributed by atoms with Gasteiger partial charge in [0.25, 0.3) is 11.8 Å². The zero-order valence-corrected chi connectivity index (χ0v) is 19.7. The van der Waals surface area contributed by atoms with Gasteiger partial charge in [-0.2, -0.15) is 0 Å². The first-order valence-corrected chi connectivity index (χ1v) is 12.9. The van der Waals surface area contributed by atoms with E-state index in [2.05, 4.69) is 20.2 Å². The Balaban J connectivity index is 1.42. The summed E-state index contributed by atoms with van der Waals surface area (Å²) in [5, 5.41) is 8.19. The highest BCUT2D eigenvalue weighted by Gasteiger charge is 2.45. The van der Waals surface area contributed by atoms with E-state index in [1.54, 1.807) is 25.3 Å². The van der Waals surface area contributed by atoms with Crippen molar-refractivity contribution in [3.63, 3.8) is 0 Å². The lowest BCUT2D eigenvalue weighted by molar-refractivity contribution is -0.117. The molecule has 3 atom stereocenters. The number of alkyl halides is 1. The van der Waals surface area contributed by atoms with Crippen molar-refractivity contribution in [2.45, 2.75) is 45.1 Å². The van der Waals surface area contributed by atoms with Gasteiger partial charge in [-0.05, 0) is 32.4 Å². The van der Waals surface area contributed by atoms with E-state index < -0.39 is 16.2 Å². The number of anilines is 1. The van der Waals surface area contributed by atoms with Crippen molar-refractivity contribution in [1.82, 2.24) is 25.1 Å². The minimum Gasteiger partial charge on any atom is -0.417 e. The number of halogens is 1. The molecule has 2 aliphatic rings. The molecule has 2 aliphatic heterocycles. The highest BCUT2D eigenvalue weighted by molar-refractivity contribution is 7.92. The van der Waals surface area contributed by atoms with Crippen LogP contribution in [0.3, 0.4) is 0 Å². The van der Waals surface area contributed by atoms with E-state index in [4.69, 9.17) is 9.15 Å². The van der Waals surface area contributed by atoms with Crippen LogP contribution in [0, 0.1) is 6.92 Å². The Morgan fingerprint density at radius 3 is 2.76 bits per heavy atom. The number of ether oxygens (including phenoxy) is 1. The summed E-state index contributed by atoms with van der Waals surface area (Å²) >= 11 is 1.24. The second-order valence-electron chi connectivity index (χ2n) is 8.14. The molecule has 0 amide bonds. The number of rotatable bonds is 8. The lowest BCUT2D eigenvalue weighted by Crippen LogP contribution is -2.65. The first-order chi connectivity index (χ1) is 15.8. The Labute approximate surface area is 194 Å². The molecular weight excluding hydrogens is 471 g/mol. The second-order valence-corrected chi connectivity index (χ2v) is 11.1. The lowest BCUT2D eigenvalue weighted by Gasteiger charge is -2.52. The third-order valence-electron chi connectivity index (χ3n) is 5.78. The SMILES string of the molecule is Cc1nc(CN(c2cccnc2)S(=O)(=O)CN2C3COCC2C3)sc1-c1nnc(C(C)F)o1. The maximum Gasteiger partial charge on any atom is 0.259 e. The van der Waals surface area contributed by atoms with E-state index in [0.29, 0.717) is 34.5 Å². The molecule has 0 aromatic carbocycles. The molecule has 2 fully saturated rings. The van der Waals surface area contributed by atoms with Crippen LogP contribution in [0.15, 0.2) is 28.9 Å². The van der Waals surface area contributed by atoms with Crippen LogP contribution < -0.4 is 4.31 Å². The second kappa shape index (κ2) is 8.70. The maximum atomic E-state index is 13.5. The summed E-state index contributed by atoms with van der Waals surface area (Å²) in [7, 11) is -3.72. The Morgan fingerprint density at radius 1 is 1.33 bits per heavy atom. The largest absolute Gasteiger partial charge is 0.417 e. The van der Waals surface area contributed by atoms with Gasteiger partial charge in [0.05, 0.1) is 37.3 Å². The molecule has 0 aliphatic carbocycles. The molecule has 2 saturated heterocycles. The van der Waals surface area contributed by atoms with Crippen LogP contribution in [0.5, 0.6) is 0 Å². The normalized spacial score (nSPS) is 21.5. The number of nitrogens with zero attached hydrogens (tertiary/aromatic N) is 6. The standard InChI is InChI=1S/C20H23FN6O4S2/c1-12(21)19-24-25-20(31-19)18-13(2)23-17(32-18)8-27(14-4-3-5-22-7-14)33(28,29)11-26-15-6-16(26)10-30-9-15/h3-5,7,12,15-16H,6,8-11H2,1-2H3. The van der Waals surface area contributed by atoms with E-state index in [9.17, 15) is 12.8 Å². The number of fused-ring (bicyclic) bond motifs is 2. The van der Waals surface area contributed by atoms with Crippen LogP contribution in [0.2, 0.25) is 0 Å². The fourth-order valence-corrected chi connectivity index (χ4v) is 6.80. The Bertz CT molecular complexity index is 1220. The van der Waals surface area contributed by atoms with Gasteiger partial charge in [0, 0.05) is 18.3 Å². The van der Waals surface area contributed by atoms with E-state index in [1.807, 2.05) is 4.90 Å². The van der Waals surface area contributed by atoms with Gasteiger partial charge in [-0.25, -0.2) is 17.8 Å². The maximum absolute atomic E-state index is 13.5. The first kappa shape index (κ1) is 22.3. The summed E-state index contributed by atoms with van der Waals surface area (Å²) in [6, 6.07) is 3.67. The van der Waals surface area contributed by atoms with Crippen molar-refractivity contribution in [3.8, 4) is 10.8 Å². The number of hydrogen-bond acceptors (Lipinski definition) is 10. The quantitative estimate of drug-likeness (QED) is 0.466. The number of aromatic nitrogens is 4. The molecule has 176 valence electrons. The van der Waals surface area contributed by atoms with Gasteiger partial charge in [-0.3, -0.25) is 14.2 Å². The summed E-state index contributed by atoms with van der Waals surface area (Å²) in [6.45, 7) is 4.22. The van der Waals surface area contributed by atoms with Crippen molar-refractivity contribution in [3.05, 3.63) is 41.1 Å². The molecular formula is C20H23FN6O4S2. The van der Waals surface area contributed by atoms with Crippen molar-refractivity contribution in [1.29, 1.82) is 0 Å². The molecule has 2 bridgehead atoms. The highest BCUT2D eigenvalue weighted by atomic mass is 32.2. The molecule has 3 aromatic rings. The Hall–Kier alpha value is -2.48. The van der Waals surface area contributed by atoms with Crippen LogP contribution in [0.4, 0.5) is 10.1 Å².